The van der Waals surface area contributed by atoms with Crippen molar-refractivity contribution in [1.82, 2.24) is 29.1 Å². The normalized spacial score (nSPS) is 11.6. The summed E-state index contributed by atoms with van der Waals surface area (Å²) < 4.78 is 13.2. The van der Waals surface area contributed by atoms with Gasteiger partial charge in [0.05, 0.1) is 60.9 Å². The van der Waals surface area contributed by atoms with Crippen LogP contribution in [0, 0.1) is 31.2 Å². The van der Waals surface area contributed by atoms with E-state index in [4.69, 9.17) is 44.8 Å². The zero-order valence-electron chi connectivity index (χ0n) is 86.6. The zero-order valence-corrected chi connectivity index (χ0v) is 101. The van der Waals surface area contributed by atoms with Crippen molar-refractivity contribution in [2.45, 2.75) is 187 Å². The van der Waals surface area contributed by atoms with Gasteiger partial charge in [-0.25, -0.2) is 0 Å². The van der Waals surface area contributed by atoms with Crippen molar-refractivity contribution < 1.29 is 124 Å². The van der Waals surface area contributed by atoms with Crippen LogP contribution in [0.15, 0.2) is 307 Å². The Labute approximate surface area is 911 Å². The second kappa shape index (κ2) is 53.7. The molecule has 8 aromatic heterocycles. The fourth-order valence-corrected chi connectivity index (χ4v) is 24.7. The first-order chi connectivity index (χ1) is 66.3. The smallest absolute Gasteiger partial charge is 0.155 e. The molecule has 0 bridgehead atoms. The Balaban J connectivity index is 0.000000237. The number of fused-ring (bicyclic) bond motifs is 12. The summed E-state index contributed by atoms with van der Waals surface area (Å²) in [6, 6.07) is 95.4. The van der Waals surface area contributed by atoms with Crippen LogP contribution in [0.2, 0.25) is 78.6 Å². The van der Waals surface area contributed by atoms with E-state index in [0.29, 0.717) is 0 Å². The summed E-state index contributed by atoms with van der Waals surface area (Å²) in [4.78, 5) is 59.4. The number of furan rings is 1. The van der Waals surface area contributed by atoms with Gasteiger partial charge in [0.25, 0.3) is 0 Å². The Hall–Kier alpha value is -11.3. The molecule has 8 heterocycles. The van der Waals surface area contributed by atoms with Gasteiger partial charge in [-0.2, -0.15) is 11.3 Å². The molecule has 0 fully saturated rings. The summed E-state index contributed by atoms with van der Waals surface area (Å²) >= 11 is 1.83. The van der Waals surface area contributed by atoms with Gasteiger partial charge in [0.15, 0.2) is 23.1 Å². The minimum Gasteiger partial charge on any atom is -0.512 e. The Kier molecular flexibility index (Phi) is 44.6. The van der Waals surface area contributed by atoms with Crippen LogP contribution in [0.4, 0.5) is 0 Å². The number of hydrogen-bond donors (Lipinski definition) is 4. The van der Waals surface area contributed by atoms with Crippen LogP contribution in [-0.2, 0) is 119 Å². The maximum absolute atomic E-state index is 10.0. The van der Waals surface area contributed by atoms with E-state index in [9.17, 15) is 19.2 Å². The van der Waals surface area contributed by atoms with E-state index in [0.717, 1.165) is 92.8 Å². The number of aromatic nitrogens is 6. The van der Waals surface area contributed by atoms with Crippen molar-refractivity contribution in [3.63, 3.8) is 0 Å². The zero-order chi connectivity index (χ0) is 102. The molecule has 144 heavy (non-hydrogen) atoms. The molecule has 0 saturated carbocycles. The summed E-state index contributed by atoms with van der Waals surface area (Å²) in [5.41, 5.74) is 22.9. The molecule has 0 spiro atoms. The molecule has 0 unspecified atom stereocenters. The van der Waals surface area contributed by atoms with E-state index in [-0.39, 0.29) is 127 Å². The van der Waals surface area contributed by atoms with Crippen LogP contribution in [0.3, 0.4) is 0 Å². The molecule has 18 rings (SSSR count). The predicted molar refractivity (Wildman–Crippen MR) is 601 cm³/mol. The summed E-state index contributed by atoms with van der Waals surface area (Å²) in [5, 5.41) is 49.2. The van der Waals surface area contributed by atoms with Crippen LogP contribution >= 0.6 is 11.3 Å². The van der Waals surface area contributed by atoms with E-state index in [1.54, 1.807) is 0 Å². The number of ketones is 4. The molecular formula is C120H130Ir4N6O9SSi4-4. The van der Waals surface area contributed by atoms with E-state index in [2.05, 4.69) is 371 Å². The maximum atomic E-state index is 10.0. The van der Waals surface area contributed by atoms with Gasteiger partial charge >= 0.3 is 0 Å². The van der Waals surface area contributed by atoms with Crippen molar-refractivity contribution in [1.29, 1.82) is 0 Å². The Morgan fingerprint density at radius 3 is 1.22 bits per heavy atom. The van der Waals surface area contributed by atoms with Crippen molar-refractivity contribution >= 4 is 173 Å². The van der Waals surface area contributed by atoms with E-state index >= 15 is 0 Å². The number of nitrogens with zero attached hydrogens (tertiary/aromatic N) is 6. The first-order valence-electron chi connectivity index (χ1n) is 47.5. The average molecular weight is 2710 g/mol. The van der Waals surface area contributed by atoms with Gasteiger partial charge in [0, 0.05) is 163 Å². The van der Waals surface area contributed by atoms with E-state index < -0.39 is 32.3 Å². The second-order valence-electron chi connectivity index (χ2n) is 39.2. The Morgan fingerprint density at radius 2 is 0.743 bits per heavy atom. The van der Waals surface area contributed by atoms with Crippen molar-refractivity contribution in [2.24, 2.45) is 0 Å². The molecule has 0 amide bonds. The third-order valence-corrected chi connectivity index (χ3v) is 32.6. The number of thiophene rings is 1. The molecule has 0 saturated heterocycles. The summed E-state index contributed by atoms with van der Waals surface area (Å²) in [6.45, 7) is 49.8. The van der Waals surface area contributed by atoms with Crippen molar-refractivity contribution in [3.05, 3.63) is 344 Å². The number of benzene rings is 10. The number of aryl methyl sites for hydroxylation is 4. The van der Waals surface area contributed by atoms with Gasteiger partial charge < -0.3 is 53.9 Å². The number of allylic oxidation sites excluding steroid dienone is 8. The van der Waals surface area contributed by atoms with Gasteiger partial charge in [-0.05, 0) is 205 Å². The standard InChI is InChI=1S/C29H29N2Si.C28H27N2Si.C22H22NSSi.C21H20NOSi.4C5H8O2.4Ir/c1-5-11-22-19-26(30-20-29(22)32(2,3)4)21-16-17-28-25(18-21)24-14-9-10-15-27(24)31(28)23-12-7-6-8-13-23;1-5-30-26-14-10-9-13-22(26)24-17-21(15-16-27(24)30)25-18-23(20-11-7-6-8-12-20)28(19-29-25)31(2,3)4;1-5-15-13-19(23-14-22(15)25(2,3)4)16-10-11-21-18(12-16)17-8-6-7-9-20(17)24-21;1-14-11-18(22-13-21(14)24(2,3)4)15-9-10-20-17(12-15)16-7-5-6-8-19(16)23-20;4*1-4(6)3-5(2)7;;;;/h6-10,12-15,17-20H,5,11H2,1-4H3;6-14,16-19H,5H2,1-4H3;6-9,11-14H,5H2,1-4H3;5-8,10-13H,1-4H3;4*3,6H,1-2H3;;;;/q4*-1;;;;;;;;. The van der Waals surface area contributed by atoms with E-state index in [1.807, 2.05) is 35.6 Å². The summed E-state index contributed by atoms with van der Waals surface area (Å²) in [6.07, 6.45) is 16.4. The van der Waals surface area contributed by atoms with Crippen molar-refractivity contribution in [2.75, 3.05) is 0 Å². The van der Waals surface area contributed by atoms with Crippen LogP contribution < -0.4 is 20.7 Å². The average Bonchev–Trinajstić information content (AvgIpc) is 1.60. The Morgan fingerprint density at radius 1 is 0.361 bits per heavy atom. The number of aliphatic hydroxyl groups is 4. The molecule has 24 heteroatoms. The van der Waals surface area contributed by atoms with Gasteiger partial charge in [0.2, 0.25) is 0 Å². The molecule has 10 aromatic carbocycles. The molecule has 18 aromatic rings. The number of carbonyl (C=O) groups excluding carboxylic acids is 4. The number of aliphatic hydroxyl groups excluding tert-OH is 4. The Bertz CT molecular complexity index is 7540. The van der Waals surface area contributed by atoms with Crippen molar-refractivity contribution in [3.8, 4) is 61.8 Å². The first kappa shape index (κ1) is 120. The topological polar surface area (TPSA) is 224 Å². The number of pyridine rings is 4. The first-order valence-corrected chi connectivity index (χ1v) is 62.3. The number of carbonyl (C=O) groups is 4. The monoisotopic (exact) mass is 2710 g/mol. The number of para-hydroxylation sites is 4. The molecule has 0 aliphatic heterocycles. The molecule has 4 radical (unpaired) electrons. The fourth-order valence-electron chi connectivity index (χ4n) is 17.2. The fraction of sp³-hybridized carbons (Fsp3) is 0.233. The van der Waals surface area contributed by atoms with Crippen LogP contribution in [-0.4, -0.2) is 105 Å². The van der Waals surface area contributed by atoms with Gasteiger partial charge in [-0.15, -0.1) is 95.1 Å². The third-order valence-electron chi connectivity index (χ3n) is 23.2. The largest absolute Gasteiger partial charge is 0.512 e. The maximum Gasteiger partial charge on any atom is 0.155 e. The number of hydrogen-bond acceptors (Lipinski definition) is 14. The molecule has 0 aliphatic carbocycles. The molecule has 756 valence electrons. The minimum atomic E-state index is -1.54. The van der Waals surface area contributed by atoms with Gasteiger partial charge in [0.1, 0.15) is 5.58 Å². The quantitative estimate of drug-likeness (QED) is 0.0272. The minimum absolute atomic E-state index is 0. The summed E-state index contributed by atoms with van der Waals surface area (Å²) in [7, 11) is -5.69. The predicted octanol–water partition coefficient (Wildman–Crippen LogP) is 29.5. The van der Waals surface area contributed by atoms with Crippen LogP contribution in [0.5, 0.6) is 0 Å². The number of rotatable bonds is 18. The van der Waals surface area contributed by atoms with Gasteiger partial charge in [-0.3, -0.25) is 19.2 Å². The SMILES string of the molecule is CC(=O)C=C(C)O.CC(=O)C=C(C)O.CC(=O)C=C(C)O.CC(=O)C=C(C)O.CCCc1cc(-c2[c-]cc3c(c2)c2ccccc2n3-c2ccccc2)ncc1[Si](C)(C)C.CCc1cc(-c2[c-]cc3sc4ccccc4c3c2)ncc1[Si](C)(C)C.CCn1c2c[c-]c(-c3cc(-c4ccccc4)c([Si](C)(C)C)cn3)cc2c2ccccc21.Cc1cc(-c2[c-]cc3oc4ccccc4c3c2)ncc1[Si](C)(C)C.[Ir].[Ir].[Ir].[Ir]. The summed E-state index contributed by atoms with van der Waals surface area (Å²) in [5.74, 6) is -0.250. The third kappa shape index (κ3) is 31.6. The molecule has 0 atom stereocenters. The van der Waals surface area contributed by atoms with Crippen LogP contribution in [0.1, 0.15) is 99.3 Å². The molecular weight excluding hydrogens is 2580 g/mol. The van der Waals surface area contributed by atoms with Crippen LogP contribution in [0.25, 0.3) is 148 Å². The van der Waals surface area contributed by atoms with Gasteiger partial charge in [-0.1, -0.05) is 283 Å². The second-order valence-corrected chi connectivity index (χ2v) is 60.4. The molecule has 15 nitrogen and oxygen atoms in total. The molecule has 4 N–H and O–H groups in total. The molecule has 0 aliphatic rings. The van der Waals surface area contributed by atoms with E-state index in [1.165, 1.54) is 198 Å².